The minimum Gasteiger partial charge on any atom is -0.497 e. The molecule has 0 N–H and O–H groups in total. The van der Waals surface area contributed by atoms with Crippen LogP contribution in [0.15, 0.2) is 77.6 Å². The molecule has 5 aromatic rings. The van der Waals surface area contributed by atoms with Gasteiger partial charge in [0, 0.05) is 23.5 Å². The summed E-state index contributed by atoms with van der Waals surface area (Å²) >= 11 is 0. The molecule has 0 spiro atoms. The van der Waals surface area contributed by atoms with Gasteiger partial charge >= 0.3 is 6.01 Å². The van der Waals surface area contributed by atoms with Crippen molar-refractivity contribution in [3.63, 3.8) is 0 Å². The number of ether oxygens (including phenoxy) is 2. The Labute approximate surface area is 189 Å². The number of benzene rings is 2. The first-order valence-electron chi connectivity index (χ1n) is 10.2. The number of nitrogens with zero attached hydrogens (tertiary/aromatic N) is 6. The molecule has 0 amide bonds. The van der Waals surface area contributed by atoms with Crippen LogP contribution in [0.25, 0.3) is 28.5 Å². The van der Waals surface area contributed by atoms with E-state index in [1.54, 1.807) is 19.5 Å². The summed E-state index contributed by atoms with van der Waals surface area (Å²) in [6, 6.07) is 19.5. The van der Waals surface area contributed by atoms with Crippen LogP contribution in [0.3, 0.4) is 0 Å². The number of hydrogen-bond acceptors (Lipinski definition) is 8. The van der Waals surface area contributed by atoms with Gasteiger partial charge in [0.05, 0.1) is 12.8 Å². The second-order valence-corrected chi connectivity index (χ2v) is 7.24. The van der Waals surface area contributed by atoms with Gasteiger partial charge in [-0.3, -0.25) is 4.98 Å². The zero-order valence-electron chi connectivity index (χ0n) is 18.0. The van der Waals surface area contributed by atoms with E-state index in [2.05, 4.69) is 25.3 Å². The first-order chi connectivity index (χ1) is 16.2. The molecule has 0 bridgehead atoms. The summed E-state index contributed by atoms with van der Waals surface area (Å²) in [5, 5.41) is 12.6. The largest absolute Gasteiger partial charge is 0.497 e. The lowest BCUT2D eigenvalue weighted by Crippen LogP contribution is -2.04. The molecule has 33 heavy (non-hydrogen) atoms. The minimum absolute atomic E-state index is 0.0451. The number of pyridine rings is 1. The van der Waals surface area contributed by atoms with E-state index < -0.39 is 0 Å². The summed E-state index contributed by atoms with van der Waals surface area (Å²) in [6.07, 6.45) is 3.40. The van der Waals surface area contributed by atoms with Crippen LogP contribution in [0.1, 0.15) is 11.5 Å². The van der Waals surface area contributed by atoms with Crippen molar-refractivity contribution in [1.29, 1.82) is 0 Å². The van der Waals surface area contributed by atoms with Crippen molar-refractivity contribution in [3.05, 3.63) is 84.5 Å². The lowest BCUT2D eigenvalue weighted by atomic mass is 10.1. The van der Waals surface area contributed by atoms with Crippen LogP contribution in [0.5, 0.6) is 11.8 Å². The standard InChI is InChI=1S/C24H20N6O3/c1-16-3-5-17(6-4-16)22-26-21(33-29-22)15-32-24-28-27-23(18-11-13-25-14-12-18)30(24)19-7-9-20(31-2)10-8-19/h3-14H,15H2,1-2H3. The smallest absolute Gasteiger partial charge is 0.322 e. The van der Waals surface area contributed by atoms with Crippen molar-refractivity contribution in [2.24, 2.45) is 0 Å². The van der Waals surface area contributed by atoms with Crippen LogP contribution < -0.4 is 9.47 Å². The molecule has 9 nitrogen and oxygen atoms in total. The van der Waals surface area contributed by atoms with Gasteiger partial charge in [-0.1, -0.05) is 40.1 Å². The van der Waals surface area contributed by atoms with Gasteiger partial charge in [-0.25, -0.2) is 4.57 Å². The van der Waals surface area contributed by atoms with Gasteiger partial charge in [-0.15, -0.1) is 5.10 Å². The number of hydrogen-bond donors (Lipinski definition) is 0. The van der Waals surface area contributed by atoms with Crippen molar-refractivity contribution < 1.29 is 14.0 Å². The highest BCUT2D eigenvalue weighted by molar-refractivity contribution is 5.59. The molecule has 0 aliphatic heterocycles. The van der Waals surface area contributed by atoms with E-state index in [0.29, 0.717) is 23.5 Å². The van der Waals surface area contributed by atoms with Crippen molar-refractivity contribution in [3.8, 4) is 40.2 Å². The topological polar surface area (TPSA) is 101 Å². The molecule has 0 atom stereocenters. The normalized spacial score (nSPS) is 10.8. The Morgan fingerprint density at radius 3 is 2.36 bits per heavy atom. The van der Waals surface area contributed by atoms with Crippen LogP contribution >= 0.6 is 0 Å². The molecule has 0 radical (unpaired) electrons. The Bertz CT molecular complexity index is 1350. The van der Waals surface area contributed by atoms with E-state index >= 15 is 0 Å². The molecule has 164 valence electrons. The second-order valence-electron chi connectivity index (χ2n) is 7.24. The van der Waals surface area contributed by atoms with Crippen LogP contribution in [0, 0.1) is 6.92 Å². The first kappa shape index (κ1) is 20.4. The van der Waals surface area contributed by atoms with E-state index in [-0.39, 0.29) is 6.61 Å². The number of rotatable bonds is 7. The Kier molecular flexibility index (Phi) is 5.50. The molecule has 0 aliphatic rings. The molecule has 3 heterocycles. The minimum atomic E-state index is 0.0451. The number of aryl methyl sites for hydroxylation is 1. The van der Waals surface area contributed by atoms with Gasteiger partial charge in [-0.2, -0.15) is 4.98 Å². The first-order valence-corrected chi connectivity index (χ1v) is 10.2. The van der Waals surface area contributed by atoms with E-state index in [1.165, 1.54) is 0 Å². The Morgan fingerprint density at radius 2 is 1.64 bits per heavy atom. The third-order valence-corrected chi connectivity index (χ3v) is 5.01. The summed E-state index contributed by atoms with van der Waals surface area (Å²) in [5.41, 5.74) is 3.70. The molecule has 0 saturated carbocycles. The van der Waals surface area contributed by atoms with Gasteiger partial charge in [0.25, 0.3) is 5.89 Å². The van der Waals surface area contributed by atoms with Crippen LogP contribution in [-0.4, -0.2) is 37.0 Å². The van der Waals surface area contributed by atoms with Crippen molar-refractivity contribution in [2.75, 3.05) is 7.11 Å². The van der Waals surface area contributed by atoms with Crippen molar-refractivity contribution >= 4 is 0 Å². The monoisotopic (exact) mass is 440 g/mol. The molecule has 5 rings (SSSR count). The molecule has 0 unspecified atom stereocenters. The predicted octanol–water partition coefficient (Wildman–Crippen LogP) is 4.28. The lowest BCUT2D eigenvalue weighted by Gasteiger charge is -2.11. The summed E-state index contributed by atoms with van der Waals surface area (Å²) in [5.74, 6) is 2.20. The highest BCUT2D eigenvalue weighted by atomic mass is 16.5. The maximum atomic E-state index is 5.95. The lowest BCUT2D eigenvalue weighted by molar-refractivity contribution is 0.224. The zero-order valence-corrected chi connectivity index (χ0v) is 18.0. The van der Waals surface area contributed by atoms with E-state index in [9.17, 15) is 0 Å². The molecular formula is C24H20N6O3. The molecule has 9 heteroatoms. The summed E-state index contributed by atoms with van der Waals surface area (Å²) in [7, 11) is 1.62. The summed E-state index contributed by atoms with van der Waals surface area (Å²) in [4.78, 5) is 8.51. The Morgan fingerprint density at radius 1 is 0.879 bits per heavy atom. The fraction of sp³-hybridized carbons (Fsp3) is 0.125. The predicted molar refractivity (Wildman–Crippen MR) is 120 cm³/mol. The molecule has 0 saturated heterocycles. The van der Waals surface area contributed by atoms with Crippen LogP contribution in [-0.2, 0) is 6.61 Å². The third-order valence-electron chi connectivity index (χ3n) is 5.01. The molecule has 3 aromatic heterocycles. The van der Waals surface area contributed by atoms with Gasteiger partial charge < -0.3 is 14.0 Å². The maximum Gasteiger partial charge on any atom is 0.322 e. The van der Waals surface area contributed by atoms with Crippen molar-refractivity contribution in [2.45, 2.75) is 13.5 Å². The Balaban J connectivity index is 1.43. The molecule has 0 fully saturated rings. The van der Waals surface area contributed by atoms with Crippen LogP contribution in [0.4, 0.5) is 0 Å². The molecule has 2 aromatic carbocycles. The van der Waals surface area contributed by atoms with Gasteiger partial charge in [0.15, 0.2) is 12.4 Å². The van der Waals surface area contributed by atoms with E-state index in [0.717, 1.165) is 28.1 Å². The number of aromatic nitrogens is 6. The number of methoxy groups -OCH3 is 1. The molecular weight excluding hydrogens is 420 g/mol. The van der Waals surface area contributed by atoms with E-state index in [1.807, 2.05) is 72.2 Å². The third kappa shape index (κ3) is 4.29. The quantitative estimate of drug-likeness (QED) is 0.370. The molecule has 0 aliphatic carbocycles. The fourth-order valence-corrected chi connectivity index (χ4v) is 3.28. The van der Waals surface area contributed by atoms with Gasteiger partial charge in [0.1, 0.15) is 5.75 Å². The summed E-state index contributed by atoms with van der Waals surface area (Å²) in [6.45, 7) is 2.07. The highest BCUT2D eigenvalue weighted by Gasteiger charge is 2.18. The van der Waals surface area contributed by atoms with Crippen LogP contribution in [0.2, 0.25) is 0 Å². The zero-order chi connectivity index (χ0) is 22.6. The average molecular weight is 440 g/mol. The summed E-state index contributed by atoms with van der Waals surface area (Å²) < 4.78 is 18.4. The average Bonchev–Trinajstić information content (AvgIpc) is 3.51. The van der Waals surface area contributed by atoms with Crippen molar-refractivity contribution in [1.82, 2.24) is 29.9 Å². The van der Waals surface area contributed by atoms with E-state index in [4.69, 9.17) is 14.0 Å². The van der Waals surface area contributed by atoms with Gasteiger partial charge in [-0.05, 0) is 43.3 Å². The fourth-order valence-electron chi connectivity index (χ4n) is 3.28. The highest BCUT2D eigenvalue weighted by Crippen LogP contribution is 2.28. The SMILES string of the molecule is COc1ccc(-n2c(OCc3nc(-c4ccc(C)cc4)no3)nnc2-c2ccncc2)cc1. The second kappa shape index (κ2) is 8.91. The maximum absolute atomic E-state index is 5.95. The Hall–Kier alpha value is -4.53. The van der Waals surface area contributed by atoms with Gasteiger partial charge in [0.2, 0.25) is 5.82 Å².